The number of hydrogen-bond donors (Lipinski definition) is 0. The van der Waals surface area contributed by atoms with Gasteiger partial charge < -0.3 is 4.74 Å². The lowest BCUT2D eigenvalue weighted by Gasteiger charge is -2.11. The lowest BCUT2D eigenvalue weighted by molar-refractivity contribution is -0.149. The molecule has 0 aromatic rings. The van der Waals surface area contributed by atoms with Gasteiger partial charge in [0.25, 0.3) is 0 Å². The van der Waals surface area contributed by atoms with Crippen molar-refractivity contribution in [3.63, 3.8) is 0 Å². The van der Waals surface area contributed by atoms with E-state index in [1.807, 2.05) is 0 Å². The number of esters is 1. The molecule has 1 fully saturated rings. The number of rotatable bonds is 4. The first-order chi connectivity index (χ1) is 6.16. The Morgan fingerprint density at radius 2 is 2.00 bits per heavy atom. The second-order valence-electron chi connectivity index (χ2n) is 3.59. The molecule has 0 aromatic carbocycles. The van der Waals surface area contributed by atoms with Gasteiger partial charge in [-0.1, -0.05) is 26.7 Å². The molecule has 2 unspecified atom stereocenters. The molecule has 0 spiro atoms. The highest BCUT2D eigenvalue weighted by Crippen LogP contribution is 2.22. The minimum atomic E-state index is -0.644. The first-order valence-corrected chi connectivity index (χ1v) is 4.91. The Hall–Kier alpha value is -0.860. The monoisotopic (exact) mass is 184 g/mol. The maximum absolute atomic E-state index is 11.1. The van der Waals surface area contributed by atoms with Crippen molar-refractivity contribution in [1.82, 2.24) is 0 Å². The van der Waals surface area contributed by atoms with Gasteiger partial charge in [0.1, 0.15) is 6.10 Å². The molecular weight excluding hydrogens is 168 g/mol. The Balaban J connectivity index is 2.36. The molecule has 3 heteroatoms. The molecule has 0 aromatic heterocycles. The molecule has 2 atom stereocenters. The molecule has 0 saturated carbocycles. The summed E-state index contributed by atoms with van der Waals surface area (Å²) in [6.07, 6.45) is 3.97. The van der Waals surface area contributed by atoms with Crippen LogP contribution in [0.5, 0.6) is 0 Å². The number of hydrogen-bond acceptors (Lipinski definition) is 3. The van der Waals surface area contributed by atoms with Crippen LogP contribution in [0.3, 0.4) is 0 Å². The van der Waals surface area contributed by atoms with Gasteiger partial charge >= 0.3 is 5.97 Å². The summed E-state index contributed by atoms with van der Waals surface area (Å²) in [5.74, 6) is -1.24. The van der Waals surface area contributed by atoms with E-state index in [0.29, 0.717) is 0 Å². The Morgan fingerprint density at radius 3 is 2.46 bits per heavy atom. The minimum Gasteiger partial charge on any atom is -0.456 e. The van der Waals surface area contributed by atoms with Gasteiger partial charge in [-0.05, 0) is 12.8 Å². The van der Waals surface area contributed by atoms with Crippen molar-refractivity contribution in [1.29, 1.82) is 0 Å². The highest BCUT2D eigenvalue weighted by Gasteiger charge is 2.39. The normalized spacial score (nSPS) is 27.8. The van der Waals surface area contributed by atoms with Gasteiger partial charge in [-0.25, -0.2) is 4.79 Å². The molecule has 1 saturated heterocycles. The predicted octanol–water partition coefficient (Wildman–Crippen LogP) is 1.70. The molecular formula is C10H16O3. The number of ketones is 1. The SMILES string of the molecule is CCCCCC1OC(=O)C(=O)C1C. The quantitative estimate of drug-likeness (QED) is 0.379. The maximum atomic E-state index is 11.1. The van der Waals surface area contributed by atoms with Crippen molar-refractivity contribution < 1.29 is 14.3 Å². The largest absolute Gasteiger partial charge is 0.456 e. The molecule has 1 rings (SSSR count). The fourth-order valence-electron chi connectivity index (χ4n) is 1.56. The van der Waals surface area contributed by atoms with E-state index in [2.05, 4.69) is 6.92 Å². The molecule has 1 aliphatic heterocycles. The molecule has 1 heterocycles. The second-order valence-corrected chi connectivity index (χ2v) is 3.59. The van der Waals surface area contributed by atoms with Crippen molar-refractivity contribution in [2.24, 2.45) is 5.92 Å². The topological polar surface area (TPSA) is 43.4 Å². The summed E-state index contributed by atoms with van der Waals surface area (Å²) in [5, 5.41) is 0. The Labute approximate surface area is 78.5 Å². The van der Waals surface area contributed by atoms with Gasteiger partial charge in [0.2, 0.25) is 5.78 Å². The molecule has 0 amide bonds. The van der Waals surface area contributed by atoms with Crippen LogP contribution in [0.2, 0.25) is 0 Å². The van der Waals surface area contributed by atoms with E-state index in [1.165, 1.54) is 0 Å². The zero-order valence-electron chi connectivity index (χ0n) is 8.21. The van der Waals surface area contributed by atoms with E-state index in [4.69, 9.17) is 4.74 Å². The smallest absolute Gasteiger partial charge is 0.375 e. The van der Waals surface area contributed by atoms with Crippen LogP contribution in [0.25, 0.3) is 0 Å². The summed E-state index contributed by atoms with van der Waals surface area (Å²) in [7, 11) is 0. The minimum absolute atomic E-state index is 0.161. The van der Waals surface area contributed by atoms with Crippen LogP contribution in [0.15, 0.2) is 0 Å². The van der Waals surface area contributed by atoms with E-state index in [9.17, 15) is 9.59 Å². The second kappa shape index (κ2) is 4.40. The van der Waals surface area contributed by atoms with Crippen LogP contribution in [-0.2, 0) is 14.3 Å². The summed E-state index contributed by atoms with van der Waals surface area (Å²) in [6.45, 7) is 3.89. The van der Waals surface area contributed by atoms with Gasteiger partial charge in [0, 0.05) is 0 Å². The van der Waals surface area contributed by atoms with E-state index in [0.717, 1.165) is 25.7 Å². The van der Waals surface area contributed by atoms with Crippen LogP contribution < -0.4 is 0 Å². The van der Waals surface area contributed by atoms with Crippen molar-refractivity contribution in [2.75, 3.05) is 0 Å². The van der Waals surface area contributed by atoms with Crippen LogP contribution in [0.4, 0.5) is 0 Å². The summed E-state index contributed by atoms with van der Waals surface area (Å²) in [6, 6.07) is 0. The molecule has 0 N–H and O–H groups in total. The summed E-state index contributed by atoms with van der Waals surface area (Å²) < 4.78 is 4.94. The van der Waals surface area contributed by atoms with E-state index in [1.54, 1.807) is 6.92 Å². The van der Waals surface area contributed by atoms with Crippen molar-refractivity contribution in [3.8, 4) is 0 Å². The summed E-state index contributed by atoms with van der Waals surface area (Å²) in [5.41, 5.74) is 0. The Morgan fingerprint density at radius 1 is 1.31 bits per heavy atom. The van der Waals surface area contributed by atoms with Crippen LogP contribution >= 0.6 is 0 Å². The van der Waals surface area contributed by atoms with Gasteiger partial charge in [-0.15, -0.1) is 0 Å². The number of carbonyl (C=O) groups excluding carboxylic acids is 2. The average molecular weight is 184 g/mol. The average Bonchev–Trinajstić information content (AvgIpc) is 2.34. The lowest BCUT2D eigenvalue weighted by Crippen LogP contribution is -2.17. The summed E-state index contributed by atoms with van der Waals surface area (Å²) >= 11 is 0. The lowest BCUT2D eigenvalue weighted by atomic mass is 9.98. The molecule has 0 bridgehead atoms. The van der Waals surface area contributed by atoms with Gasteiger partial charge in [0.05, 0.1) is 5.92 Å². The molecule has 0 radical (unpaired) electrons. The standard InChI is InChI=1S/C10H16O3/c1-3-4-5-6-8-7(2)9(11)10(12)13-8/h7-8H,3-6H2,1-2H3. The third kappa shape index (κ3) is 2.29. The van der Waals surface area contributed by atoms with Crippen molar-refractivity contribution >= 4 is 11.8 Å². The van der Waals surface area contributed by atoms with Gasteiger partial charge in [-0.3, -0.25) is 4.79 Å². The number of Topliss-reactive ketones (excluding diaryl/α,β-unsaturated/α-hetero) is 1. The number of cyclic esters (lactones) is 1. The molecule has 3 nitrogen and oxygen atoms in total. The zero-order chi connectivity index (χ0) is 9.84. The van der Waals surface area contributed by atoms with Crippen LogP contribution in [-0.4, -0.2) is 17.9 Å². The number of ether oxygens (including phenoxy) is 1. The first-order valence-electron chi connectivity index (χ1n) is 4.91. The van der Waals surface area contributed by atoms with E-state index in [-0.39, 0.29) is 17.8 Å². The van der Waals surface area contributed by atoms with Gasteiger partial charge in [0.15, 0.2) is 0 Å². The van der Waals surface area contributed by atoms with Gasteiger partial charge in [-0.2, -0.15) is 0 Å². The first kappa shape index (κ1) is 10.2. The van der Waals surface area contributed by atoms with E-state index < -0.39 is 5.97 Å². The van der Waals surface area contributed by atoms with Crippen LogP contribution in [0.1, 0.15) is 39.5 Å². The van der Waals surface area contributed by atoms with E-state index >= 15 is 0 Å². The number of unbranched alkanes of at least 4 members (excludes halogenated alkanes) is 2. The molecule has 74 valence electrons. The fraction of sp³-hybridized carbons (Fsp3) is 0.800. The zero-order valence-corrected chi connectivity index (χ0v) is 8.21. The third-order valence-electron chi connectivity index (χ3n) is 2.52. The molecule has 13 heavy (non-hydrogen) atoms. The van der Waals surface area contributed by atoms with Crippen molar-refractivity contribution in [3.05, 3.63) is 0 Å². The summed E-state index contributed by atoms with van der Waals surface area (Å²) in [4.78, 5) is 21.9. The third-order valence-corrected chi connectivity index (χ3v) is 2.52. The van der Waals surface area contributed by atoms with Crippen LogP contribution in [0, 0.1) is 5.92 Å². The van der Waals surface area contributed by atoms with Crippen molar-refractivity contribution in [2.45, 2.75) is 45.6 Å². The molecule has 0 aliphatic carbocycles. The fourth-order valence-corrected chi connectivity index (χ4v) is 1.56. The maximum Gasteiger partial charge on any atom is 0.375 e. The molecule has 1 aliphatic rings. The number of carbonyl (C=O) groups is 2. The highest BCUT2D eigenvalue weighted by molar-refractivity contribution is 6.36. The Kier molecular flexibility index (Phi) is 3.46. The Bertz CT molecular complexity index is 210. The predicted molar refractivity (Wildman–Crippen MR) is 48.2 cm³/mol. The highest BCUT2D eigenvalue weighted by atomic mass is 16.6.